The summed E-state index contributed by atoms with van der Waals surface area (Å²) in [6.07, 6.45) is 1.08. The lowest BCUT2D eigenvalue weighted by molar-refractivity contribution is 1.02. The Morgan fingerprint density at radius 2 is 2.00 bits per heavy atom. The third-order valence-corrected chi connectivity index (χ3v) is 3.88. The topological polar surface area (TPSA) is 48.7 Å². The lowest BCUT2D eigenvalue weighted by atomic mass is 10.1. The Morgan fingerprint density at radius 1 is 1.25 bits per heavy atom. The van der Waals surface area contributed by atoms with Crippen LogP contribution < -0.4 is 5.32 Å². The molecule has 3 nitrogen and oxygen atoms in total. The summed E-state index contributed by atoms with van der Waals surface area (Å²) in [5.74, 6) is 1.27. The second-order valence-corrected chi connectivity index (χ2v) is 5.55. The van der Waals surface area contributed by atoms with E-state index < -0.39 is 0 Å². The monoisotopic (exact) mass is 283 g/mol. The summed E-state index contributed by atoms with van der Waals surface area (Å²) in [4.78, 5) is 4.32. The van der Waals surface area contributed by atoms with Gasteiger partial charge in [-0.25, -0.2) is 4.98 Å². The van der Waals surface area contributed by atoms with Gasteiger partial charge in [-0.1, -0.05) is 29.8 Å². The van der Waals surface area contributed by atoms with Crippen LogP contribution in [0.3, 0.4) is 0 Å². The first-order valence-electron chi connectivity index (χ1n) is 6.57. The highest BCUT2D eigenvalue weighted by atomic mass is 35.5. The van der Waals surface area contributed by atoms with Gasteiger partial charge >= 0.3 is 0 Å². The molecule has 4 heteroatoms. The van der Waals surface area contributed by atoms with Crippen molar-refractivity contribution in [1.82, 2.24) is 4.98 Å². The van der Waals surface area contributed by atoms with Crippen LogP contribution in [0.4, 0.5) is 5.82 Å². The molecule has 1 saturated carbocycles. The number of nitrogens with one attached hydrogen (secondary N) is 1. The average molecular weight is 284 g/mol. The zero-order chi connectivity index (χ0) is 14.1. The van der Waals surface area contributed by atoms with Gasteiger partial charge in [-0.3, -0.25) is 0 Å². The number of rotatable bonds is 3. The van der Waals surface area contributed by atoms with E-state index in [0.29, 0.717) is 17.7 Å². The van der Waals surface area contributed by atoms with Crippen molar-refractivity contribution in [3.05, 3.63) is 58.2 Å². The molecule has 3 rings (SSSR count). The van der Waals surface area contributed by atoms with E-state index in [0.717, 1.165) is 22.8 Å². The molecule has 1 N–H and O–H groups in total. The first kappa shape index (κ1) is 13.0. The smallest absolute Gasteiger partial charge is 0.145 e. The van der Waals surface area contributed by atoms with Gasteiger partial charge in [-0.05, 0) is 42.7 Å². The number of pyridine rings is 1. The standard InChI is InChI=1S/C16H14ClN3/c1-10-2-7-16(20-15(10)9-18)19-14-8-13(14)11-3-5-12(17)6-4-11/h2-7,13-14H,8H2,1H3,(H,19,20). The van der Waals surface area contributed by atoms with Gasteiger partial charge in [0.2, 0.25) is 0 Å². The molecule has 1 aromatic carbocycles. The highest BCUT2D eigenvalue weighted by Crippen LogP contribution is 2.42. The molecule has 1 heterocycles. The number of hydrogen-bond donors (Lipinski definition) is 1. The summed E-state index contributed by atoms with van der Waals surface area (Å²) in [6.45, 7) is 1.89. The van der Waals surface area contributed by atoms with Gasteiger partial charge in [-0.15, -0.1) is 0 Å². The summed E-state index contributed by atoms with van der Waals surface area (Å²) in [7, 11) is 0. The van der Waals surface area contributed by atoms with Gasteiger partial charge in [0.05, 0.1) is 0 Å². The Kier molecular flexibility index (Phi) is 3.33. The van der Waals surface area contributed by atoms with Gasteiger partial charge in [0, 0.05) is 17.0 Å². The zero-order valence-corrected chi connectivity index (χ0v) is 11.9. The van der Waals surface area contributed by atoms with Crippen molar-refractivity contribution in [2.45, 2.75) is 25.3 Å². The van der Waals surface area contributed by atoms with Gasteiger partial charge in [0.15, 0.2) is 0 Å². The molecule has 1 aliphatic rings. The normalized spacial score (nSPS) is 20.2. The molecule has 2 atom stereocenters. The molecule has 0 amide bonds. The third kappa shape index (κ3) is 2.61. The van der Waals surface area contributed by atoms with Crippen LogP contribution in [0.15, 0.2) is 36.4 Å². The molecule has 100 valence electrons. The molecule has 2 unspecified atom stereocenters. The molecular weight excluding hydrogens is 270 g/mol. The Morgan fingerprint density at radius 3 is 2.70 bits per heavy atom. The number of halogens is 1. The van der Waals surface area contributed by atoms with Crippen molar-refractivity contribution in [2.75, 3.05) is 5.32 Å². The Hall–Kier alpha value is -2.05. The minimum absolute atomic E-state index is 0.387. The Bertz CT molecular complexity index is 673. The summed E-state index contributed by atoms with van der Waals surface area (Å²) >= 11 is 5.89. The Labute approximate surface area is 123 Å². The van der Waals surface area contributed by atoms with Gasteiger partial charge < -0.3 is 5.32 Å². The number of nitriles is 1. The molecule has 0 radical (unpaired) electrons. The minimum Gasteiger partial charge on any atom is -0.367 e. The molecule has 0 aliphatic heterocycles. The number of aromatic nitrogens is 1. The average Bonchev–Trinajstić information content (AvgIpc) is 3.21. The second kappa shape index (κ2) is 5.15. The van der Waals surface area contributed by atoms with Crippen molar-refractivity contribution < 1.29 is 0 Å². The summed E-state index contributed by atoms with van der Waals surface area (Å²) in [5, 5.41) is 13.1. The van der Waals surface area contributed by atoms with E-state index >= 15 is 0 Å². The van der Waals surface area contributed by atoms with Crippen LogP contribution in [0.1, 0.15) is 29.2 Å². The van der Waals surface area contributed by atoms with E-state index in [1.165, 1.54) is 5.56 Å². The van der Waals surface area contributed by atoms with Crippen LogP contribution in [0.5, 0.6) is 0 Å². The minimum atomic E-state index is 0.387. The number of anilines is 1. The van der Waals surface area contributed by atoms with E-state index in [4.69, 9.17) is 16.9 Å². The van der Waals surface area contributed by atoms with Crippen LogP contribution in [0, 0.1) is 18.3 Å². The molecule has 1 fully saturated rings. The number of aryl methyl sites for hydroxylation is 1. The van der Waals surface area contributed by atoms with E-state index in [-0.39, 0.29) is 0 Å². The Balaban J connectivity index is 1.69. The van der Waals surface area contributed by atoms with E-state index in [1.54, 1.807) is 0 Å². The maximum Gasteiger partial charge on any atom is 0.145 e. The predicted octanol–water partition coefficient (Wildman–Crippen LogP) is 3.88. The molecule has 2 aromatic rings. The largest absolute Gasteiger partial charge is 0.367 e. The lowest BCUT2D eigenvalue weighted by Crippen LogP contribution is -2.06. The molecule has 0 bridgehead atoms. The highest BCUT2D eigenvalue weighted by molar-refractivity contribution is 6.30. The van der Waals surface area contributed by atoms with Crippen LogP contribution in [0.2, 0.25) is 5.02 Å². The lowest BCUT2D eigenvalue weighted by Gasteiger charge is -2.06. The van der Waals surface area contributed by atoms with Crippen molar-refractivity contribution in [2.24, 2.45) is 0 Å². The molecule has 0 spiro atoms. The SMILES string of the molecule is Cc1ccc(NC2CC2c2ccc(Cl)cc2)nc1C#N. The first-order chi connectivity index (χ1) is 9.67. The maximum absolute atomic E-state index is 9.00. The molecule has 0 saturated heterocycles. The van der Waals surface area contributed by atoms with Crippen molar-refractivity contribution >= 4 is 17.4 Å². The number of benzene rings is 1. The maximum atomic E-state index is 9.00. The first-order valence-corrected chi connectivity index (χ1v) is 6.95. The fourth-order valence-electron chi connectivity index (χ4n) is 2.35. The van der Waals surface area contributed by atoms with Crippen LogP contribution >= 0.6 is 11.6 Å². The van der Waals surface area contributed by atoms with Crippen molar-refractivity contribution in [3.8, 4) is 6.07 Å². The molecule has 1 aliphatic carbocycles. The summed E-state index contributed by atoms with van der Waals surface area (Å²) in [6, 6.07) is 14.3. The number of nitrogens with zero attached hydrogens (tertiary/aromatic N) is 2. The summed E-state index contributed by atoms with van der Waals surface area (Å²) < 4.78 is 0. The van der Waals surface area contributed by atoms with E-state index in [9.17, 15) is 0 Å². The van der Waals surface area contributed by atoms with Crippen LogP contribution in [0.25, 0.3) is 0 Å². The third-order valence-electron chi connectivity index (χ3n) is 3.62. The van der Waals surface area contributed by atoms with Gasteiger partial charge in [0.25, 0.3) is 0 Å². The molecule has 1 aromatic heterocycles. The van der Waals surface area contributed by atoms with E-state index in [1.807, 2.05) is 31.2 Å². The quantitative estimate of drug-likeness (QED) is 0.930. The fraction of sp³-hybridized carbons (Fsp3) is 0.250. The van der Waals surface area contributed by atoms with Crippen LogP contribution in [-0.4, -0.2) is 11.0 Å². The zero-order valence-electron chi connectivity index (χ0n) is 11.1. The summed E-state index contributed by atoms with van der Waals surface area (Å²) in [5.41, 5.74) is 2.68. The predicted molar refractivity (Wildman–Crippen MR) is 79.9 cm³/mol. The molecular formula is C16H14ClN3. The fourth-order valence-corrected chi connectivity index (χ4v) is 2.47. The number of hydrogen-bond acceptors (Lipinski definition) is 3. The second-order valence-electron chi connectivity index (χ2n) is 5.12. The van der Waals surface area contributed by atoms with Crippen molar-refractivity contribution in [1.29, 1.82) is 5.26 Å². The van der Waals surface area contributed by atoms with Gasteiger partial charge in [-0.2, -0.15) is 5.26 Å². The van der Waals surface area contributed by atoms with Crippen LogP contribution in [-0.2, 0) is 0 Å². The molecule has 20 heavy (non-hydrogen) atoms. The van der Waals surface area contributed by atoms with E-state index in [2.05, 4.69) is 28.5 Å². The highest BCUT2D eigenvalue weighted by Gasteiger charge is 2.38. The van der Waals surface area contributed by atoms with Crippen molar-refractivity contribution in [3.63, 3.8) is 0 Å². The van der Waals surface area contributed by atoms with Gasteiger partial charge in [0.1, 0.15) is 17.6 Å².